The highest BCUT2D eigenvalue weighted by Crippen LogP contribution is 2.45. The molecule has 15 heteroatoms. The highest BCUT2D eigenvalue weighted by Gasteiger charge is 2.35. The van der Waals surface area contributed by atoms with Crippen molar-refractivity contribution < 1.29 is 47.5 Å². The summed E-state index contributed by atoms with van der Waals surface area (Å²) in [5.41, 5.74) is 2.41. The molecule has 60 heavy (non-hydrogen) atoms. The van der Waals surface area contributed by atoms with Crippen LogP contribution in [0, 0.1) is 56.2 Å². The lowest BCUT2D eigenvalue weighted by Crippen LogP contribution is -2.29. The van der Waals surface area contributed by atoms with Gasteiger partial charge >= 0.3 is 11.9 Å². The maximum atomic E-state index is 13.0. The predicted octanol–water partition coefficient (Wildman–Crippen LogP) is 6.24. The first-order chi connectivity index (χ1) is 28.9. The number of carbonyl (C=O) groups excluding carboxylic acids is 2. The number of unbranched alkanes of at least 4 members (excludes halogenated alkanes) is 4. The van der Waals surface area contributed by atoms with E-state index in [2.05, 4.69) is 31.3 Å². The molecule has 2 aliphatic rings. The van der Waals surface area contributed by atoms with Crippen LogP contribution in [0.3, 0.4) is 0 Å². The molecular formula is C45H65N5O10. The summed E-state index contributed by atoms with van der Waals surface area (Å²) in [6.07, 6.45) is 7.31. The van der Waals surface area contributed by atoms with Crippen LogP contribution in [-0.2, 0) is 47.5 Å². The van der Waals surface area contributed by atoms with E-state index in [1.807, 2.05) is 26.0 Å². The van der Waals surface area contributed by atoms with Crippen molar-refractivity contribution in [2.75, 3.05) is 100 Å². The number of ether oxygens (including phenoxy) is 8. The largest absolute Gasteiger partial charge is 0.459 e. The summed E-state index contributed by atoms with van der Waals surface area (Å²) in [5.74, 6) is -1.53. The number of rotatable bonds is 29. The Labute approximate surface area is 356 Å². The minimum absolute atomic E-state index is 0.0244. The quantitative estimate of drug-likeness (QED) is 0.0382. The van der Waals surface area contributed by atoms with Crippen LogP contribution in [0.2, 0.25) is 0 Å². The van der Waals surface area contributed by atoms with Crippen LogP contribution in [-0.4, -0.2) is 112 Å². The summed E-state index contributed by atoms with van der Waals surface area (Å²) in [5, 5.41) is 43.8. The van der Waals surface area contributed by atoms with Gasteiger partial charge in [0.25, 0.3) is 0 Å². The number of hydrogen-bond donors (Lipinski definition) is 1. The first-order valence-corrected chi connectivity index (χ1v) is 20.8. The molecule has 0 saturated carbocycles. The Hall–Kier alpha value is -4.58. The number of carbonyl (C=O) groups is 2. The van der Waals surface area contributed by atoms with Crippen molar-refractivity contribution in [3.05, 3.63) is 44.7 Å². The fraction of sp³-hybridized carbons (Fsp3) is 0.689. The number of hydrogen-bond acceptors (Lipinski definition) is 15. The van der Waals surface area contributed by atoms with Gasteiger partial charge in [0, 0.05) is 26.5 Å². The van der Waals surface area contributed by atoms with Crippen molar-refractivity contribution >= 4 is 11.9 Å². The van der Waals surface area contributed by atoms with E-state index in [9.17, 15) is 30.6 Å². The van der Waals surface area contributed by atoms with E-state index < -0.39 is 11.9 Å². The van der Waals surface area contributed by atoms with Crippen molar-refractivity contribution in [2.45, 2.75) is 91.9 Å². The third-order valence-corrected chi connectivity index (χ3v) is 9.90. The van der Waals surface area contributed by atoms with E-state index >= 15 is 0 Å². The van der Waals surface area contributed by atoms with Crippen molar-refractivity contribution in [1.29, 1.82) is 21.0 Å². The average molecular weight is 836 g/mol. The lowest BCUT2D eigenvalue weighted by atomic mass is 9.70. The van der Waals surface area contributed by atoms with Gasteiger partial charge in [0.05, 0.1) is 83.3 Å². The molecule has 0 radical (unpaired) electrons. The molecule has 0 atom stereocenters. The standard InChI is InChI=1S/C45H65N5O10/c1-44(2)26-34(37(30-46)35(27-44)39(32-48)42(51)59-24-22-57-20-18-55-16-14-53-5)12-10-8-7-9-11-13-50-41-29-45(3,4)28-36(38(41)31-47)40(33-49)43(52)60-25-23-58-21-19-56-17-15-54-6/h50H,7-29H2,1-6H3/b39-35+,40-36+. The van der Waals surface area contributed by atoms with Crippen molar-refractivity contribution in [3.63, 3.8) is 0 Å². The fourth-order valence-electron chi connectivity index (χ4n) is 7.12. The van der Waals surface area contributed by atoms with Gasteiger partial charge in [0.1, 0.15) is 42.6 Å². The molecule has 0 aliphatic heterocycles. The molecule has 1 N–H and O–H groups in total. The van der Waals surface area contributed by atoms with Gasteiger partial charge in [-0.1, -0.05) is 52.5 Å². The Morgan fingerprint density at radius 2 is 0.967 bits per heavy atom. The number of nitrogens with one attached hydrogen (secondary N) is 1. The maximum absolute atomic E-state index is 13.0. The SMILES string of the molecule is COCCOCCOCCOC(=O)/C(C#N)=C1\CC(C)(C)CC(CCCCCCCNC2=C(C#N)/C(=C(\C#N)C(=O)OCCOCCOCCOC)CC(C)(C)C2)=C1C#N. The summed E-state index contributed by atoms with van der Waals surface area (Å²) >= 11 is 0. The highest BCUT2D eigenvalue weighted by molar-refractivity contribution is 5.95. The second kappa shape index (κ2) is 28.8. The van der Waals surface area contributed by atoms with Crippen molar-refractivity contribution in [1.82, 2.24) is 5.32 Å². The summed E-state index contributed by atoms with van der Waals surface area (Å²) in [7, 11) is 3.19. The van der Waals surface area contributed by atoms with Crippen molar-refractivity contribution in [2.24, 2.45) is 10.8 Å². The zero-order chi connectivity index (χ0) is 44.2. The van der Waals surface area contributed by atoms with Crippen LogP contribution < -0.4 is 5.32 Å². The predicted molar refractivity (Wildman–Crippen MR) is 221 cm³/mol. The fourth-order valence-corrected chi connectivity index (χ4v) is 7.12. The second-order valence-corrected chi connectivity index (χ2v) is 16.2. The Balaban J connectivity index is 1.93. The van der Waals surface area contributed by atoms with Crippen molar-refractivity contribution in [3.8, 4) is 24.3 Å². The van der Waals surface area contributed by atoms with Gasteiger partial charge in [0.15, 0.2) is 0 Å². The Morgan fingerprint density at radius 3 is 1.43 bits per heavy atom. The van der Waals surface area contributed by atoms with Gasteiger partial charge in [-0.3, -0.25) is 0 Å². The molecule has 0 aromatic heterocycles. The third-order valence-electron chi connectivity index (χ3n) is 9.90. The van der Waals surface area contributed by atoms with Gasteiger partial charge in [-0.25, -0.2) is 9.59 Å². The lowest BCUT2D eigenvalue weighted by Gasteiger charge is -2.34. The highest BCUT2D eigenvalue weighted by atomic mass is 16.6. The molecule has 0 heterocycles. The third kappa shape index (κ3) is 18.8. The van der Waals surface area contributed by atoms with Crippen LogP contribution in [0.5, 0.6) is 0 Å². The number of allylic oxidation sites excluding steroid dienone is 6. The summed E-state index contributed by atoms with van der Waals surface area (Å²) in [6, 6.07) is 8.54. The molecule has 2 aliphatic carbocycles. The van der Waals surface area contributed by atoms with Gasteiger partial charge in [-0.05, 0) is 66.9 Å². The summed E-state index contributed by atoms with van der Waals surface area (Å²) in [6.45, 7) is 12.4. The molecule has 15 nitrogen and oxygen atoms in total. The Morgan fingerprint density at radius 1 is 0.550 bits per heavy atom. The molecular weight excluding hydrogens is 771 g/mol. The summed E-state index contributed by atoms with van der Waals surface area (Å²) in [4.78, 5) is 26.0. The smallest absolute Gasteiger partial charge is 0.349 e. The number of esters is 2. The zero-order valence-electron chi connectivity index (χ0n) is 36.6. The monoisotopic (exact) mass is 835 g/mol. The molecule has 330 valence electrons. The molecule has 0 bridgehead atoms. The minimum atomic E-state index is -0.777. The van der Waals surface area contributed by atoms with Crippen LogP contribution in [0.25, 0.3) is 0 Å². The number of methoxy groups -OCH3 is 2. The minimum Gasteiger partial charge on any atom is -0.459 e. The number of nitrogens with zero attached hydrogens (tertiary/aromatic N) is 4. The molecule has 0 unspecified atom stereocenters. The lowest BCUT2D eigenvalue weighted by molar-refractivity contribution is -0.141. The van der Waals surface area contributed by atoms with Crippen LogP contribution in [0.4, 0.5) is 0 Å². The Kier molecular flexibility index (Phi) is 24.8. The maximum Gasteiger partial charge on any atom is 0.349 e. The van der Waals surface area contributed by atoms with Crippen LogP contribution in [0.15, 0.2) is 44.7 Å². The first kappa shape index (κ1) is 51.6. The second-order valence-electron chi connectivity index (χ2n) is 16.2. The van der Waals surface area contributed by atoms with Gasteiger partial charge in [0.2, 0.25) is 0 Å². The van der Waals surface area contributed by atoms with Gasteiger partial charge in [-0.2, -0.15) is 21.0 Å². The van der Waals surface area contributed by atoms with E-state index in [-0.39, 0.29) is 48.4 Å². The molecule has 0 fully saturated rings. The van der Waals surface area contributed by atoms with Gasteiger partial charge < -0.3 is 43.2 Å². The molecule has 0 spiro atoms. The number of nitriles is 4. The summed E-state index contributed by atoms with van der Waals surface area (Å²) < 4.78 is 42.1. The van der Waals surface area contributed by atoms with Gasteiger partial charge in [-0.15, -0.1) is 0 Å². The van der Waals surface area contributed by atoms with E-state index in [0.717, 1.165) is 37.7 Å². The molecule has 0 saturated heterocycles. The normalized spacial score (nSPS) is 17.5. The van der Waals surface area contributed by atoms with E-state index in [4.69, 9.17) is 37.9 Å². The van der Waals surface area contributed by atoms with E-state index in [1.54, 1.807) is 14.2 Å². The van der Waals surface area contributed by atoms with E-state index in [0.29, 0.717) is 119 Å². The van der Waals surface area contributed by atoms with E-state index in [1.165, 1.54) is 0 Å². The van der Waals surface area contributed by atoms with Crippen LogP contribution in [0.1, 0.15) is 91.9 Å². The Bertz CT molecular complexity index is 1580. The molecule has 0 amide bonds. The van der Waals surface area contributed by atoms with Crippen LogP contribution >= 0.6 is 0 Å². The average Bonchev–Trinajstić information content (AvgIpc) is 3.20. The zero-order valence-corrected chi connectivity index (χ0v) is 36.6. The molecule has 0 aromatic rings. The molecule has 0 aromatic carbocycles. The molecule has 2 rings (SSSR count). The topological polar surface area (TPSA) is 215 Å². The first-order valence-electron chi connectivity index (χ1n) is 20.8.